The predicted octanol–water partition coefficient (Wildman–Crippen LogP) is 4.38. The average molecular weight is 300 g/mol. The Morgan fingerprint density at radius 3 is 3.07 bits per heavy atom. The fraction of sp³-hybridized carbons (Fsp3) is 0.182. The zero-order valence-electron chi connectivity index (χ0n) is 8.25. The van der Waals surface area contributed by atoms with Gasteiger partial charge in [0.05, 0.1) is 19.7 Å². The lowest BCUT2D eigenvalue weighted by molar-refractivity contribution is 1.20. The highest BCUT2D eigenvalue weighted by Crippen LogP contribution is 2.35. The number of halogens is 1. The van der Waals surface area contributed by atoms with E-state index < -0.39 is 0 Å². The molecule has 1 aromatic carbocycles. The van der Waals surface area contributed by atoms with Gasteiger partial charge in [-0.25, -0.2) is 4.98 Å². The van der Waals surface area contributed by atoms with Gasteiger partial charge in [-0.15, -0.1) is 30.5 Å². The van der Waals surface area contributed by atoms with Crippen molar-refractivity contribution in [2.24, 2.45) is 0 Å². The van der Waals surface area contributed by atoms with Crippen molar-refractivity contribution in [3.05, 3.63) is 33.8 Å². The molecule has 0 unspecified atom stereocenters. The molecule has 0 fully saturated rings. The van der Waals surface area contributed by atoms with Gasteiger partial charge in [0, 0.05) is 11.3 Å². The van der Waals surface area contributed by atoms with Gasteiger partial charge in [0.15, 0.2) is 0 Å². The van der Waals surface area contributed by atoms with Gasteiger partial charge in [0.2, 0.25) is 0 Å². The molecule has 0 N–H and O–H groups in total. The number of aromatic nitrogens is 1. The van der Waals surface area contributed by atoms with Crippen molar-refractivity contribution in [2.45, 2.75) is 18.2 Å². The Bertz CT molecular complexity index is 531. The van der Waals surface area contributed by atoms with E-state index in [1.165, 1.54) is 10.3 Å². The van der Waals surface area contributed by atoms with Crippen LogP contribution in [-0.2, 0) is 6.42 Å². The molecule has 78 valence electrons. The third-order valence-corrected chi connectivity index (χ3v) is 4.83. The zero-order valence-corrected chi connectivity index (χ0v) is 11.5. The van der Waals surface area contributed by atoms with Gasteiger partial charge in [-0.3, -0.25) is 0 Å². The molecule has 4 heteroatoms. The number of hydrogen-bond acceptors (Lipinski definition) is 3. The molecule has 0 atom stereocenters. The number of fused-ring (bicyclic) bond motifs is 1. The molecule has 0 saturated heterocycles. The van der Waals surface area contributed by atoms with E-state index >= 15 is 0 Å². The summed E-state index contributed by atoms with van der Waals surface area (Å²) in [6.45, 7) is 5.78. The first kappa shape index (κ1) is 11.2. The van der Waals surface area contributed by atoms with Crippen LogP contribution in [0.1, 0.15) is 10.6 Å². The summed E-state index contributed by atoms with van der Waals surface area (Å²) in [5, 5.41) is 1.10. The third-order valence-electron chi connectivity index (χ3n) is 2.15. The lowest BCUT2D eigenvalue weighted by Gasteiger charge is -2.01. The quantitative estimate of drug-likeness (QED) is 0.641. The van der Waals surface area contributed by atoms with E-state index in [1.54, 1.807) is 11.3 Å². The zero-order chi connectivity index (χ0) is 11.0. The van der Waals surface area contributed by atoms with Gasteiger partial charge < -0.3 is 0 Å². The number of nitrogens with zero attached hydrogens (tertiary/aromatic N) is 1. The maximum absolute atomic E-state index is 4.56. The number of hydrogen-bond donors (Lipinski definition) is 1. The van der Waals surface area contributed by atoms with Crippen LogP contribution in [0.5, 0.6) is 0 Å². The number of allylic oxidation sites excluding steroid dienone is 1. The summed E-state index contributed by atoms with van der Waals surface area (Å²) in [4.78, 5) is 5.53. The van der Waals surface area contributed by atoms with Crippen molar-refractivity contribution >= 4 is 50.1 Å². The Hall–Kier alpha value is -0.320. The van der Waals surface area contributed by atoms with Crippen LogP contribution in [0.2, 0.25) is 0 Å². The second-order valence-electron chi connectivity index (χ2n) is 3.30. The van der Waals surface area contributed by atoms with Crippen LogP contribution in [0, 0.1) is 6.92 Å². The topological polar surface area (TPSA) is 12.9 Å². The van der Waals surface area contributed by atoms with E-state index in [4.69, 9.17) is 0 Å². The maximum atomic E-state index is 4.56. The standard InChI is InChI=1S/C11H10BrNS2/c1-3-4-8-13-10-7(15-8)5-6(2)11(14)9(10)12/h3,5,14H,1,4H2,2H3. The number of thiazole rings is 1. The second kappa shape index (κ2) is 4.28. The van der Waals surface area contributed by atoms with Crippen LogP contribution < -0.4 is 0 Å². The van der Waals surface area contributed by atoms with Crippen molar-refractivity contribution in [2.75, 3.05) is 0 Å². The molecule has 0 spiro atoms. The van der Waals surface area contributed by atoms with Crippen LogP contribution in [0.4, 0.5) is 0 Å². The smallest absolute Gasteiger partial charge is 0.0976 e. The van der Waals surface area contributed by atoms with E-state index in [0.29, 0.717) is 0 Å². The van der Waals surface area contributed by atoms with Crippen LogP contribution in [0.3, 0.4) is 0 Å². The first-order chi connectivity index (χ1) is 7.13. The predicted molar refractivity (Wildman–Crippen MR) is 73.2 cm³/mol. The molecule has 0 saturated carbocycles. The SMILES string of the molecule is C=CCc1nc2c(Br)c(S)c(C)cc2s1. The average Bonchev–Trinajstić information content (AvgIpc) is 2.58. The molecule has 15 heavy (non-hydrogen) atoms. The fourth-order valence-electron chi connectivity index (χ4n) is 1.39. The van der Waals surface area contributed by atoms with Gasteiger partial charge in [-0.05, 0) is 34.5 Å². The number of aryl methyl sites for hydroxylation is 1. The molecule has 0 aliphatic rings. The van der Waals surface area contributed by atoms with Crippen molar-refractivity contribution in [1.29, 1.82) is 0 Å². The highest BCUT2D eigenvalue weighted by molar-refractivity contribution is 9.10. The van der Waals surface area contributed by atoms with E-state index in [2.05, 4.69) is 53.1 Å². The minimum Gasteiger partial charge on any atom is -0.240 e. The van der Waals surface area contributed by atoms with E-state index in [0.717, 1.165) is 26.3 Å². The van der Waals surface area contributed by atoms with Gasteiger partial charge in [-0.1, -0.05) is 6.08 Å². The molecule has 0 aliphatic carbocycles. The Morgan fingerprint density at radius 1 is 1.67 bits per heavy atom. The van der Waals surface area contributed by atoms with Crippen molar-refractivity contribution in [1.82, 2.24) is 4.98 Å². The fourth-order valence-corrected chi connectivity index (χ4v) is 3.38. The molecular weight excluding hydrogens is 290 g/mol. The summed E-state index contributed by atoms with van der Waals surface area (Å²) in [6.07, 6.45) is 2.70. The van der Waals surface area contributed by atoms with Gasteiger partial charge in [-0.2, -0.15) is 0 Å². The summed E-state index contributed by atoms with van der Waals surface area (Å²) < 4.78 is 2.20. The molecule has 2 rings (SSSR count). The number of benzene rings is 1. The maximum Gasteiger partial charge on any atom is 0.0976 e. The van der Waals surface area contributed by atoms with Crippen LogP contribution in [0.25, 0.3) is 10.2 Å². The summed E-state index contributed by atoms with van der Waals surface area (Å²) in [5.74, 6) is 0. The van der Waals surface area contributed by atoms with Crippen LogP contribution in [0.15, 0.2) is 28.1 Å². The Kier molecular flexibility index (Phi) is 3.19. The molecule has 1 nitrogen and oxygen atoms in total. The van der Waals surface area contributed by atoms with E-state index in [1.807, 2.05) is 6.08 Å². The third kappa shape index (κ3) is 1.98. The van der Waals surface area contributed by atoms with Gasteiger partial charge in [0.25, 0.3) is 0 Å². The molecule has 0 aliphatic heterocycles. The molecular formula is C11H10BrNS2. The van der Waals surface area contributed by atoms with Crippen LogP contribution >= 0.6 is 39.9 Å². The van der Waals surface area contributed by atoms with Crippen molar-refractivity contribution < 1.29 is 0 Å². The number of thiol groups is 1. The van der Waals surface area contributed by atoms with E-state index in [-0.39, 0.29) is 0 Å². The molecule has 2 aromatic rings. The second-order valence-corrected chi connectivity index (χ2v) is 5.66. The van der Waals surface area contributed by atoms with Gasteiger partial charge >= 0.3 is 0 Å². The van der Waals surface area contributed by atoms with E-state index in [9.17, 15) is 0 Å². The largest absolute Gasteiger partial charge is 0.240 e. The lowest BCUT2D eigenvalue weighted by Crippen LogP contribution is -1.81. The molecule has 0 bridgehead atoms. The first-order valence-corrected chi connectivity index (χ1v) is 6.57. The minimum absolute atomic E-state index is 0.826. The minimum atomic E-state index is 0.826. The number of rotatable bonds is 2. The molecule has 0 radical (unpaired) electrons. The van der Waals surface area contributed by atoms with Gasteiger partial charge in [0.1, 0.15) is 0 Å². The monoisotopic (exact) mass is 299 g/mol. The highest BCUT2D eigenvalue weighted by Gasteiger charge is 2.10. The summed E-state index contributed by atoms with van der Waals surface area (Å²) in [6, 6.07) is 2.13. The Morgan fingerprint density at radius 2 is 2.40 bits per heavy atom. The Labute approximate surface area is 107 Å². The highest BCUT2D eigenvalue weighted by atomic mass is 79.9. The summed E-state index contributed by atoms with van der Waals surface area (Å²) in [5.41, 5.74) is 2.18. The lowest BCUT2D eigenvalue weighted by atomic mass is 10.2. The summed E-state index contributed by atoms with van der Waals surface area (Å²) in [7, 11) is 0. The molecule has 1 heterocycles. The van der Waals surface area contributed by atoms with Crippen molar-refractivity contribution in [3.63, 3.8) is 0 Å². The summed E-state index contributed by atoms with van der Waals surface area (Å²) >= 11 is 9.70. The molecule has 0 amide bonds. The van der Waals surface area contributed by atoms with Crippen molar-refractivity contribution in [3.8, 4) is 0 Å². The Balaban J connectivity index is 2.70. The molecule has 1 aromatic heterocycles. The normalized spacial score (nSPS) is 10.9. The van der Waals surface area contributed by atoms with Crippen LogP contribution in [-0.4, -0.2) is 4.98 Å². The first-order valence-electron chi connectivity index (χ1n) is 4.52.